The van der Waals surface area contributed by atoms with E-state index in [2.05, 4.69) is 33.4 Å². The monoisotopic (exact) mass is 296 g/mol. The maximum absolute atomic E-state index is 9.88. The van der Waals surface area contributed by atoms with Gasteiger partial charge in [0.25, 0.3) is 0 Å². The van der Waals surface area contributed by atoms with E-state index in [1.54, 1.807) is 13.0 Å². The molecule has 2 atom stereocenters. The lowest BCUT2D eigenvalue weighted by Crippen LogP contribution is -2.33. The fourth-order valence-corrected chi connectivity index (χ4v) is 2.79. The molecule has 1 saturated heterocycles. The summed E-state index contributed by atoms with van der Waals surface area (Å²) in [4.78, 5) is 0. The molecule has 0 radical (unpaired) electrons. The van der Waals surface area contributed by atoms with E-state index in [0.29, 0.717) is 6.42 Å². The summed E-state index contributed by atoms with van der Waals surface area (Å²) in [6.07, 6.45) is 7.43. The first kappa shape index (κ1) is 18.4. The first-order chi connectivity index (χ1) is 9.47. The third kappa shape index (κ3) is 5.93. The lowest BCUT2D eigenvalue weighted by Gasteiger charge is -2.24. The lowest BCUT2D eigenvalue weighted by atomic mass is 9.95. The van der Waals surface area contributed by atoms with Gasteiger partial charge in [-0.1, -0.05) is 17.7 Å². The number of rotatable bonds is 7. The molecular weight excluding hydrogens is 264 g/mol. The van der Waals surface area contributed by atoms with Gasteiger partial charge in [0.05, 0.1) is 17.3 Å². The van der Waals surface area contributed by atoms with Crippen molar-refractivity contribution < 1.29 is 14.6 Å². The van der Waals surface area contributed by atoms with Crippen LogP contribution in [0.15, 0.2) is 24.3 Å². The van der Waals surface area contributed by atoms with Gasteiger partial charge in [-0.05, 0) is 67.2 Å². The summed E-state index contributed by atoms with van der Waals surface area (Å²) in [7, 11) is 0. The lowest BCUT2D eigenvalue weighted by molar-refractivity contribution is -0.157. The van der Waals surface area contributed by atoms with Crippen molar-refractivity contribution in [3.63, 3.8) is 0 Å². The summed E-state index contributed by atoms with van der Waals surface area (Å²) in [6.45, 7) is 15.7. The topological polar surface area (TPSA) is 38.7 Å². The minimum absolute atomic E-state index is 0.118. The molecule has 2 unspecified atom stereocenters. The van der Waals surface area contributed by atoms with Crippen LogP contribution in [0, 0.1) is 0 Å². The summed E-state index contributed by atoms with van der Waals surface area (Å²) < 4.78 is 11.9. The van der Waals surface area contributed by atoms with Crippen molar-refractivity contribution in [2.45, 2.75) is 90.3 Å². The van der Waals surface area contributed by atoms with Crippen LogP contribution in [0.4, 0.5) is 0 Å². The highest BCUT2D eigenvalue weighted by atomic mass is 16.8. The Kier molecular flexibility index (Phi) is 5.82. The molecular formula is C18H32O3. The molecule has 21 heavy (non-hydrogen) atoms. The molecule has 1 rings (SSSR count). The van der Waals surface area contributed by atoms with Gasteiger partial charge < -0.3 is 14.6 Å². The summed E-state index contributed by atoms with van der Waals surface area (Å²) in [5.41, 5.74) is 0.320. The summed E-state index contributed by atoms with van der Waals surface area (Å²) in [5, 5.41) is 9.88. The Labute approximate surface area is 130 Å². The van der Waals surface area contributed by atoms with Gasteiger partial charge in [-0.25, -0.2) is 0 Å². The van der Waals surface area contributed by atoms with Gasteiger partial charge in [0.1, 0.15) is 0 Å². The number of aliphatic hydroxyl groups is 1. The van der Waals surface area contributed by atoms with E-state index in [0.717, 1.165) is 19.3 Å². The van der Waals surface area contributed by atoms with E-state index in [4.69, 9.17) is 9.47 Å². The Morgan fingerprint density at radius 2 is 1.95 bits per heavy atom. The molecule has 0 aromatic carbocycles. The van der Waals surface area contributed by atoms with Crippen LogP contribution < -0.4 is 0 Å². The fraction of sp³-hybridized carbons (Fsp3) is 0.778. The van der Waals surface area contributed by atoms with E-state index in [-0.39, 0.29) is 11.7 Å². The normalized spacial score (nSPS) is 27.4. The maximum Gasteiger partial charge on any atom is 0.164 e. The smallest absolute Gasteiger partial charge is 0.164 e. The molecule has 1 heterocycles. The van der Waals surface area contributed by atoms with E-state index < -0.39 is 11.4 Å². The minimum atomic E-state index is -0.773. The molecule has 0 aromatic heterocycles. The van der Waals surface area contributed by atoms with Crippen LogP contribution in [0.1, 0.15) is 67.2 Å². The van der Waals surface area contributed by atoms with Gasteiger partial charge in [0.2, 0.25) is 0 Å². The third-order valence-electron chi connectivity index (χ3n) is 4.09. The number of hydrogen-bond acceptors (Lipinski definition) is 3. The van der Waals surface area contributed by atoms with E-state index in [1.165, 1.54) is 5.57 Å². The van der Waals surface area contributed by atoms with E-state index in [9.17, 15) is 5.11 Å². The molecule has 0 bridgehead atoms. The standard InChI is InChI=1S/C18H32O3/c1-8-18(7,19)13-9-10-14(2)11-12-15-16(3,4)21-17(5,6)20-15/h8,10,15,19H,1,9,11-13H2,2-7H3. The third-order valence-corrected chi connectivity index (χ3v) is 4.09. The zero-order chi connectivity index (χ0) is 16.3. The molecule has 0 aliphatic carbocycles. The Balaban J connectivity index is 2.43. The summed E-state index contributed by atoms with van der Waals surface area (Å²) >= 11 is 0. The molecule has 0 amide bonds. The zero-order valence-electron chi connectivity index (χ0n) is 14.5. The summed E-state index contributed by atoms with van der Waals surface area (Å²) in [6, 6.07) is 0. The Morgan fingerprint density at radius 1 is 1.33 bits per heavy atom. The Morgan fingerprint density at radius 3 is 2.43 bits per heavy atom. The van der Waals surface area contributed by atoms with Gasteiger partial charge >= 0.3 is 0 Å². The van der Waals surface area contributed by atoms with E-state index >= 15 is 0 Å². The molecule has 0 spiro atoms. The first-order valence-electron chi connectivity index (χ1n) is 7.87. The van der Waals surface area contributed by atoms with Crippen molar-refractivity contribution in [2.75, 3.05) is 0 Å². The highest BCUT2D eigenvalue weighted by Crippen LogP contribution is 2.38. The SMILES string of the molecule is C=CC(C)(O)CCC=C(C)CCC1OC(C)(C)OC1(C)C. The van der Waals surface area contributed by atoms with Crippen LogP contribution in [0.3, 0.4) is 0 Å². The molecule has 122 valence electrons. The Bertz CT molecular complexity index is 391. The van der Waals surface area contributed by atoms with Crippen molar-refractivity contribution >= 4 is 0 Å². The molecule has 1 aliphatic rings. The average molecular weight is 296 g/mol. The van der Waals surface area contributed by atoms with Crippen molar-refractivity contribution in [3.8, 4) is 0 Å². The molecule has 1 aliphatic heterocycles. The highest BCUT2D eigenvalue weighted by Gasteiger charge is 2.46. The van der Waals surface area contributed by atoms with Crippen LogP contribution in [0.25, 0.3) is 0 Å². The van der Waals surface area contributed by atoms with Crippen LogP contribution in [-0.4, -0.2) is 28.2 Å². The molecule has 1 fully saturated rings. The van der Waals surface area contributed by atoms with Crippen LogP contribution in [-0.2, 0) is 9.47 Å². The second kappa shape index (κ2) is 6.64. The summed E-state index contributed by atoms with van der Waals surface area (Å²) in [5.74, 6) is -0.492. The molecule has 0 saturated carbocycles. The van der Waals surface area contributed by atoms with Crippen molar-refractivity contribution in [1.29, 1.82) is 0 Å². The van der Waals surface area contributed by atoms with Crippen LogP contribution in [0.5, 0.6) is 0 Å². The average Bonchev–Trinajstić information content (AvgIpc) is 2.54. The number of allylic oxidation sites excluding steroid dienone is 2. The molecule has 3 heteroatoms. The fourth-order valence-electron chi connectivity index (χ4n) is 2.79. The number of hydrogen-bond donors (Lipinski definition) is 1. The first-order valence-corrected chi connectivity index (χ1v) is 7.87. The highest BCUT2D eigenvalue weighted by molar-refractivity contribution is 5.02. The van der Waals surface area contributed by atoms with Crippen LogP contribution >= 0.6 is 0 Å². The van der Waals surface area contributed by atoms with Crippen molar-refractivity contribution in [3.05, 3.63) is 24.3 Å². The molecule has 0 aromatic rings. The van der Waals surface area contributed by atoms with Gasteiger partial charge in [0.15, 0.2) is 5.79 Å². The van der Waals surface area contributed by atoms with Gasteiger partial charge in [-0.2, -0.15) is 0 Å². The molecule has 1 N–H and O–H groups in total. The predicted octanol–water partition coefficient (Wildman–Crippen LogP) is 4.36. The van der Waals surface area contributed by atoms with Gasteiger partial charge in [-0.3, -0.25) is 0 Å². The van der Waals surface area contributed by atoms with Crippen LogP contribution in [0.2, 0.25) is 0 Å². The quantitative estimate of drug-likeness (QED) is 0.709. The minimum Gasteiger partial charge on any atom is -0.386 e. The largest absolute Gasteiger partial charge is 0.386 e. The Hall–Kier alpha value is -0.640. The van der Waals surface area contributed by atoms with Crippen molar-refractivity contribution in [2.24, 2.45) is 0 Å². The zero-order valence-corrected chi connectivity index (χ0v) is 14.5. The maximum atomic E-state index is 9.88. The van der Waals surface area contributed by atoms with E-state index in [1.807, 2.05) is 13.8 Å². The molecule has 3 nitrogen and oxygen atoms in total. The second-order valence-corrected chi connectivity index (χ2v) is 7.40. The van der Waals surface area contributed by atoms with Gasteiger partial charge in [-0.15, -0.1) is 6.58 Å². The van der Waals surface area contributed by atoms with Gasteiger partial charge in [0, 0.05) is 0 Å². The predicted molar refractivity (Wildman–Crippen MR) is 87.2 cm³/mol. The second-order valence-electron chi connectivity index (χ2n) is 7.40. The number of ether oxygens (including phenoxy) is 2. The van der Waals surface area contributed by atoms with Crippen molar-refractivity contribution in [1.82, 2.24) is 0 Å².